The topological polar surface area (TPSA) is 186 Å². The molecule has 0 aliphatic carbocycles. The number of ketones is 1. The van der Waals surface area contributed by atoms with Crippen LogP contribution in [-0.2, 0) is 19.0 Å². The first-order chi connectivity index (χ1) is 19.7. The number of aliphatic hydroxyl groups is 7. The Morgan fingerprint density at radius 2 is 1.07 bits per heavy atom. The standard InChI is InChI=1S/C30H56O11/c1-2-3-4-5-6-7-8-9-10-11-12-13-14-15-16-20(33)17-21-24(34)27(37)29(23(19-32)39-21)41-30-28(38)26(36)25(35)22(18-31)40-30/h21-32,34-38H,2-19H2,1H3/t21-,22-,23-,24+,25-,26+,27-,28-,29-,30+/m1/s1. The molecule has 2 aliphatic rings. The van der Waals surface area contributed by atoms with Crippen LogP contribution in [-0.4, -0.2) is 116 Å². The Kier molecular flexibility index (Phi) is 18.0. The van der Waals surface area contributed by atoms with E-state index in [4.69, 9.17) is 14.2 Å². The average molecular weight is 593 g/mol. The maximum Gasteiger partial charge on any atom is 0.187 e. The fourth-order valence-corrected chi connectivity index (χ4v) is 5.68. The molecule has 2 aliphatic heterocycles. The number of ether oxygens (including phenoxy) is 3. The zero-order valence-electron chi connectivity index (χ0n) is 24.8. The van der Waals surface area contributed by atoms with Crippen LogP contribution in [0.1, 0.15) is 110 Å². The number of hydrogen-bond acceptors (Lipinski definition) is 11. The van der Waals surface area contributed by atoms with Crippen molar-refractivity contribution in [1.82, 2.24) is 0 Å². The minimum atomic E-state index is -1.72. The average Bonchev–Trinajstić information content (AvgIpc) is 2.97. The third kappa shape index (κ3) is 12.1. The van der Waals surface area contributed by atoms with Gasteiger partial charge >= 0.3 is 0 Å². The lowest BCUT2D eigenvalue weighted by Crippen LogP contribution is -2.64. The molecule has 7 N–H and O–H groups in total. The molecule has 0 amide bonds. The van der Waals surface area contributed by atoms with Gasteiger partial charge in [-0.25, -0.2) is 0 Å². The summed E-state index contributed by atoms with van der Waals surface area (Å²) < 4.78 is 16.6. The first kappa shape index (κ1) is 36.5. The molecule has 0 aromatic heterocycles. The van der Waals surface area contributed by atoms with Gasteiger partial charge in [0.15, 0.2) is 6.29 Å². The maximum atomic E-state index is 12.6. The number of hydrogen-bond donors (Lipinski definition) is 7. The number of carbonyl (C=O) groups excluding carboxylic acids is 1. The van der Waals surface area contributed by atoms with Gasteiger partial charge < -0.3 is 50.0 Å². The fraction of sp³-hybridized carbons (Fsp3) is 0.967. The van der Waals surface area contributed by atoms with Crippen molar-refractivity contribution in [3.8, 4) is 0 Å². The van der Waals surface area contributed by atoms with Gasteiger partial charge in [0.05, 0.1) is 19.3 Å². The number of rotatable bonds is 21. The first-order valence-corrected chi connectivity index (χ1v) is 15.8. The second-order valence-corrected chi connectivity index (χ2v) is 11.8. The smallest absolute Gasteiger partial charge is 0.187 e. The van der Waals surface area contributed by atoms with E-state index in [2.05, 4.69) is 6.92 Å². The lowest BCUT2D eigenvalue weighted by atomic mass is 9.91. The van der Waals surface area contributed by atoms with Gasteiger partial charge in [0.1, 0.15) is 54.6 Å². The molecule has 2 rings (SSSR count). The van der Waals surface area contributed by atoms with Gasteiger partial charge in [-0.1, -0.05) is 90.4 Å². The van der Waals surface area contributed by atoms with E-state index in [1.165, 1.54) is 64.2 Å². The molecule has 10 atom stereocenters. The predicted molar refractivity (Wildman–Crippen MR) is 151 cm³/mol. The molecule has 0 bridgehead atoms. The van der Waals surface area contributed by atoms with Gasteiger partial charge in [-0.15, -0.1) is 0 Å². The van der Waals surface area contributed by atoms with E-state index in [1.54, 1.807) is 0 Å². The fourth-order valence-electron chi connectivity index (χ4n) is 5.68. The van der Waals surface area contributed by atoms with Gasteiger partial charge in [0, 0.05) is 12.8 Å². The maximum absolute atomic E-state index is 12.6. The Bertz CT molecular complexity index is 691. The summed E-state index contributed by atoms with van der Waals surface area (Å²) in [6.07, 6.45) is 2.86. The number of carbonyl (C=O) groups is 1. The summed E-state index contributed by atoms with van der Waals surface area (Å²) >= 11 is 0. The number of unbranched alkanes of at least 4 members (excludes halogenated alkanes) is 13. The van der Waals surface area contributed by atoms with Crippen molar-refractivity contribution in [3.63, 3.8) is 0 Å². The lowest BCUT2D eigenvalue weighted by Gasteiger charge is -2.46. The van der Waals surface area contributed by atoms with E-state index >= 15 is 0 Å². The molecule has 11 nitrogen and oxygen atoms in total. The molecule has 2 heterocycles. The molecule has 242 valence electrons. The lowest BCUT2D eigenvalue weighted by molar-refractivity contribution is -0.341. The SMILES string of the molecule is CCCCCCCCCCCCCCCCC(=O)C[C@H]1O[C@H](CO)[C@@H](O[C@@H]2O[C@H](CO)[C@@H](O)[C@H](O)[C@H]2O)[C@H](O)[C@H]1O. The minimum Gasteiger partial charge on any atom is -0.394 e. The molecule has 0 radical (unpaired) electrons. The first-order valence-electron chi connectivity index (χ1n) is 15.8. The van der Waals surface area contributed by atoms with Gasteiger partial charge in [-0.3, -0.25) is 4.79 Å². The van der Waals surface area contributed by atoms with Gasteiger partial charge in [0.25, 0.3) is 0 Å². The quantitative estimate of drug-likeness (QED) is 0.0957. The van der Waals surface area contributed by atoms with Gasteiger partial charge in [-0.05, 0) is 6.42 Å². The van der Waals surface area contributed by atoms with Crippen LogP contribution >= 0.6 is 0 Å². The third-order valence-corrected chi connectivity index (χ3v) is 8.34. The number of aliphatic hydroxyl groups excluding tert-OH is 7. The molecule has 2 saturated heterocycles. The van der Waals surface area contributed by atoms with Crippen LogP contribution in [0.25, 0.3) is 0 Å². The van der Waals surface area contributed by atoms with Crippen LogP contribution in [0.15, 0.2) is 0 Å². The second kappa shape index (κ2) is 20.3. The van der Waals surface area contributed by atoms with Crippen molar-refractivity contribution >= 4 is 5.78 Å². The van der Waals surface area contributed by atoms with Crippen molar-refractivity contribution in [2.24, 2.45) is 0 Å². The van der Waals surface area contributed by atoms with E-state index in [1.807, 2.05) is 0 Å². The summed E-state index contributed by atoms with van der Waals surface area (Å²) in [7, 11) is 0. The molecule has 0 aromatic rings. The van der Waals surface area contributed by atoms with Crippen LogP contribution in [0.5, 0.6) is 0 Å². The Hall–Kier alpha value is -0.730. The normalized spacial score (nSPS) is 34.1. The van der Waals surface area contributed by atoms with Crippen molar-refractivity contribution in [2.45, 2.75) is 171 Å². The van der Waals surface area contributed by atoms with E-state index in [0.29, 0.717) is 6.42 Å². The molecule has 0 saturated carbocycles. The summed E-state index contributed by atoms with van der Waals surface area (Å²) in [6, 6.07) is 0. The molecule has 41 heavy (non-hydrogen) atoms. The molecular formula is C30H56O11. The molecule has 2 fully saturated rings. The Morgan fingerprint density at radius 3 is 1.59 bits per heavy atom. The predicted octanol–water partition coefficient (Wildman–Crippen LogP) is 1.48. The minimum absolute atomic E-state index is 0.106. The molecular weight excluding hydrogens is 536 g/mol. The van der Waals surface area contributed by atoms with Gasteiger partial charge in [0.2, 0.25) is 0 Å². The van der Waals surface area contributed by atoms with Crippen molar-refractivity contribution in [2.75, 3.05) is 13.2 Å². The highest BCUT2D eigenvalue weighted by atomic mass is 16.7. The molecule has 0 aromatic carbocycles. The summed E-state index contributed by atoms with van der Waals surface area (Å²) in [4.78, 5) is 12.6. The Morgan fingerprint density at radius 1 is 0.585 bits per heavy atom. The Balaban J connectivity index is 1.65. The van der Waals surface area contributed by atoms with Crippen LogP contribution in [0.3, 0.4) is 0 Å². The van der Waals surface area contributed by atoms with Gasteiger partial charge in [-0.2, -0.15) is 0 Å². The van der Waals surface area contributed by atoms with Crippen molar-refractivity contribution in [1.29, 1.82) is 0 Å². The Labute approximate surface area is 244 Å². The highest BCUT2D eigenvalue weighted by molar-refractivity contribution is 5.78. The van der Waals surface area contributed by atoms with E-state index in [-0.39, 0.29) is 12.2 Å². The monoisotopic (exact) mass is 592 g/mol. The molecule has 0 unspecified atom stereocenters. The molecule has 11 heteroatoms. The highest BCUT2D eigenvalue weighted by Gasteiger charge is 2.50. The highest BCUT2D eigenvalue weighted by Crippen LogP contribution is 2.30. The van der Waals surface area contributed by atoms with Crippen LogP contribution in [0.2, 0.25) is 0 Å². The van der Waals surface area contributed by atoms with Crippen molar-refractivity contribution < 1.29 is 54.8 Å². The summed E-state index contributed by atoms with van der Waals surface area (Å²) in [6.45, 7) is 0.961. The van der Waals surface area contributed by atoms with Crippen molar-refractivity contribution in [3.05, 3.63) is 0 Å². The molecule has 0 spiro atoms. The summed E-state index contributed by atoms with van der Waals surface area (Å²) in [5.41, 5.74) is 0. The number of Topliss-reactive ketones (excluding diaryl/α,β-unsaturated/α-hetero) is 1. The zero-order chi connectivity index (χ0) is 30.2. The third-order valence-electron chi connectivity index (χ3n) is 8.34. The van der Waals surface area contributed by atoms with Crippen LogP contribution in [0.4, 0.5) is 0 Å². The van der Waals surface area contributed by atoms with E-state index in [9.17, 15) is 40.5 Å². The summed E-state index contributed by atoms with van der Waals surface area (Å²) in [5.74, 6) is -0.106. The van der Waals surface area contributed by atoms with E-state index < -0.39 is 74.4 Å². The van der Waals surface area contributed by atoms with Crippen LogP contribution < -0.4 is 0 Å². The zero-order valence-corrected chi connectivity index (χ0v) is 24.8. The summed E-state index contributed by atoms with van der Waals surface area (Å²) in [5, 5.41) is 70.7. The van der Waals surface area contributed by atoms with Crippen LogP contribution in [0, 0.1) is 0 Å². The van der Waals surface area contributed by atoms with E-state index in [0.717, 1.165) is 25.7 Å². The largest absolute Gasteiger partial charge is 0.394 e. The second-order valence-electron chi connectivity index (χ2n) is 11.8.